The minimum Gasteiger partial charge on any atom is -0.371 e. The molecule has 2 aromatic heterocycles. The molecule has 1 spiro atoms. The van der Waals surface area contributed by atoms with Gasteiger partial charge in [0.2, 0.25) is 17.7 Å². The van der Waals surface area contributed by atoms with Gasteiger partial charge in [0.05, 0.1) is 39.8 Å². The standard InChI is InChI=1S/C67H75FN12O7/c1-38(2)70-61(82)49-35-54(52(68)30-40(49)5)72-60-59-55(69-37-78(59)39(3)4)36-53(71-60)42-12-17-51-57(31-42)79(47-32-46(33-47)75-24-8-7-9-25-75)66(87)67(51)22-28-77(29-23-67)63(84)41-10-13-43(14-11-41)74(6)44-20-26-76(27-21-44)45-15-16-48-50(34-45)65(86)80(64(48)85)56-18-19-58(81)73-62(56)83/h10-17,30-31,34-39,44,46-47,56H,7-9,18-29,32-33H2,1-6H3,(H,70,82)(H,71,72)(H,73,81,83)/t46-,47+,56?. The number of likely N-dealkylation sites (tertiary alicyclic amines) is 2. The van der Waals surface area contributed by atoms with Crippen LogP contribution in [0.1, 0.15) is 157 Å². The van der Waals surface area contributed by atoms with Crippen LogP contribution in [0.4, 0.5) is 33.0 Å². The molecule has 5 fully saturated rings. The van der Waals surface area contributed by atoms with Crippen molar-refractivity contribution >= 4 is 81.0 Å². The summed E-state index contributed by atoms with van der Waals surface area (Å²) in [7, 11) is 2.07. The fourth-order valence-corrected chi connectivity index (χ4v) is 14.6. The van der Waals surface area contributed by atoms with Gasteiger partial charge in [-0.2, -0.15) is 0 Å². The highest BCUT2D eigenvalue weighted by atomic mass is 19.1. The van der Waals surface area contributed by atoms with E-state index in [2.05, 4.69) is 54.7 Å². The minimum absolute atomic E-state index is 0.00527. The van der Waals surface area contributed by atoms with E-state index in [0.29, 0.717) is 84.3 Å². The van der Waals surface area contributed by atoms with Gasteiger partial charge in [0.1, 0.15) is 17.4 Å². The maximum atomic E-state index is 16.0. The number of amides is 7. The van der Waals surface area contributed by atoms with Crippen molar-refractivity contribution in [1.29, 1.82) is 0 Å². The molecule has 6 aromatic rings. The van der Waals surface area contributed by atoms with Crippen LogP contribution >= 0.6 is 0 Å². The van der Waals surface area contributed by atoms with Crippen molar-refractivity contribution in [3.8, 4) is 11.3 Å². The number of imidazole rings is 1. The lowest BCUT2D eigenvalue weighted by molar-refractivity contribution is -0.136. The third-order valence-electron chi connectivity index (χ3n) is 19.6. The van der Waals surface area contributed by atoms with Crippen molar-refractivity contribution in [2.75, 3.05) is 66.3 Å². The summed E-state index contributed by atoms with van der Waals surface area (Å²) in [6.07, 6.45) is 9.96. The predicted octanol–water partition coefficient (Wildman–Crippen LogP) is 9.05. The third-order valence-corrected chi connectivity index (χ3v) is 19.6. The molecule has 20 heteroatoms. The second kappa shape index (κ2) is 22.6. The van der Waals surface area contributed by atoms with E-state index in [0.717, 1.165) is 71.9 Å². The van der Waals surface area contributed by atoms with Crippen molar-refractivity contribution in [2.24, 2.45) is 0 Å². The van der Waals surface area contributed by atoms with Gasteiger partial charge in [0, 0.05) is 104 Å². The van der Waals surface area contributed by atoms with Crippen molar-refractivity contribution in [3.63, 3.8) is 0 Å². The maximum absolute atomic E-state index is 16.0. The number of carbonyl (C=O) groups is 7. The predicted molar refractivity (Wildman–Crippen MR) is 330 cm³/mol. The number of rotatable bonds is 13. The Morgan fingerprint density at radius 2 is 1.51 bits per heavy atom. The maximum Gasteiger partial charge on any atom is 0.262 e. The largest absolute Gasteiger partial charge is 0.371 e. The molecule has 4 aromatic carbocycles. The number of hydrogen-bond acceptors (Lipinski definition) is 13. The molecule has 3 N–H and O–H groups in total. The Labute approximate surface area is 505 Å². The molecule has 1 saturated carbocycles. The first-order valence-electron chi connectivity index (χ1n) is 31.1. The minimum atomic E-state index is -1.02. The van der Waals surface area contributed by atoms with Crippen LogP contribution in [0.3, 0.4) is 0 Å². The second-order valence-corrected chi connectivity index (χ2v) is 25.6. The highest BCUT2D eigenvalue weighted by Crippen LogP contribution is 2.52. The van der Waals surface area contributed by atoms with Crippen LogP contribution in [0.25, 0.3) is 22.3 Å². The van der Waals surface area contributed by atoms with E-state index in [4.69, 9.17) is 9.97 Å². The van der Waals surface area contributed by atoms with Crippen LogP contribution in [-0.4, -0.2) is 147 Å². The Balaban J connectivity index is 0.708. The van der Waals surface area contributed by atoms with Crippen LogP contribution < -0.4 is 30.7 Å². The average molecular weight is 1180 g/mol. The summed E-state index contributed by atoms with van der Waals surface area (Å²) in [5.74, 6) is -2.51. The Hall–Kier alpha value is -8.52. The quantitative estimate of drug-likeness (QED) is 0.0925. The topological polar surface area (TPSA) is 206 Å². The number of fused-ring (bicyclic) bond motifs is 4. The fourth-order valence-electron chi connectivity index (χ4n) is 14.6. The normalized spacial score (nSPS) is 21.5. The Morgan fingerprint density at radius 1 is 0.782 bits per heavy atom. The summed E-state index contributed by atoms with van der Waals surface area (Å²) >= 11 is 0. The lowest BCUT2D eigenvalue weighted by Gasteiger charge is -2.48. The smallest absolute Gasteiger partial charge is 0.262 e. The summed E-state index contributed by atoms with van der Waals surface area (Å²) in [6, 6.07) is 23.6. The van der Waals surface area contributed by atoms with Crippen LogP contribution in [0.2, 0.25) is 0 Å². The summed E-state index contributed by atoms with van der Waals surface area (Å²) in [5.41, 5.74) is 7.64. The van der Waals surface area contributed by atoms with E-state index >= 15 is 9.18 Å². The summed E-state index contributed by atoms with van der Waals surface area (Å²) in [6.45, 7) is 14.0. The first-order chi connectivity index (χ1) is 41.8. The number of piperidine rings is 4. The lowest BCUT2D eigenvalue weighted by atomic mass is 9.73. The van der Waals surface area contributed by atoms with Crippen molar-refractivity contribution in [2.45, 2.75) is 147 Å². The molecule has 1 atom stereocenters. The first-order valence-corrected chi connectivity index (χ1v) is 31.1. The molecule has 6 aliphatic heterocycles. The number of hydrogen-bond donors (Lipinski definition) is 3. The zero-order valence-corrected chi connectivity index (χ0v) is 50.3. The molecule has 13 rings (SSSR count). The monoisotopic (exact) mass is 1180 g/mol. The summed E-state index contributed by atoms with van der Waals surface area (Å²) in [5, 5.41) is 8.46. The highest BCUT2D eigenvalue weighted by molar-refractivity contribution is 6.24. The number of imide groups is 2. The van der Waals surface area contributed by atoms with Crippen LogP contribution in [0.5, 0.6) is 0 Å². The molecule has 0 radical (unpaired) electrons. The second-order valence-electron chi connectivity index (χ2n) is 25.6. The number of anilines is 5. The van der Waals surface area contributed by atoms with E-state index in [1.54, 1.807) is 25.4 Å². The van der Waals surface area contributed by atoms with Gasteiger partial charge in [-0.05, 0) is 183 Å². The van der Waals surface area contributed by atoms with E-state index in [-0.39, 0.29) is 71.5 Å². The molecular formula is C67H75FN12O7. The van der Waals surface area contributed by atoms with Gasteiger partial charge in [-0.15, -0.1) is 0 Å². The van der Waals surface area contributed by atoms with Gasteiger partial charge in [0.25, 0.3) is 23.6 Å². The fraction of sp³-hybridized carbons (Fsp3) is 0.448. The molecule has 19 nitrogen and oxygen atoms in total. The van der Waals surface area contributed by atoms with Crippen LogP contribution in [0, 0.1) is 12.7 Å². The van der Waals surface area contributed by atoms with Gasteiger partial charge >= 0.3 is 0 Å². The van der Waals surface area contributed by atoms with E-state index in [1.807, 2.05) is 79.6 Å². The number of carbonyl (C=O) groups excluding carboxylic acids is 7. The number of aryl methyl sites for hydroxylation is 1. The van der Waals surface area contributed by atoms with Crippen molar-refractivity contribution < 1.29 is 38.0 Å². The molecule has 7 aliphatic rings. The Kier molecular flexibility index (Phi) is 15.0. The summed E-state index contributed by atoms with van der Waals surface area (Å²) < 4.78 is 18.0. The van der Waals surface area contributed by atoms with Crippen LogP contribution in [0.15, 0.2) is 85.2 Å². The highest BCUT2D eigenvalue weighted by Gasteiger charge is 2.56. The first kappa shape index (κ1) is 57.5. The van der Waals surface area contributed by atoms with E-state index < -0.39 is 40.9 Å². The van der Waals surface area contributed by atoms with Crippen LogP contribution in [-0.2, 0) is 19.8 Å². The number of aromatic nitrogens is 3. The molecule has 452 valence electrons. The van der Waals surface area contributed by atoms with Gasteiger partial charge in [0.15, 0.2) is 5.82 Å². The molecule has 8 heterocycles. The number of nitrogens with zero attached hydrogens (tertiary/aromatic N) is 9. The summed E-state index contributed by atoms with van der Waals surface area (Å²) in [4.78, 5) is 116. The molecule has 1 aliphatic carbocycles. The van der Waals surface area contributed by atoms with Crippen molar-refractivity contribution in [3.05, 3.63) is 124 Å². The average Bonchev–Trinajstić information content (AvgIpc) is 1.58. The number of nitrogens with one attached hydrogen (secondary N) is 3. The van der Waals surface area contributed by atoms with E-state index in [9.17, 15) is 28.8 Å². The Morgan fingerprint density at radius 3 is 2.21 bits per heavy atom. The molecule has 0 bridgehead atoms. The van der Waals surface area contributed by atoms with Crippen molar-refractivity contribution in [1.82, 2.24) is 39.9 Å². The lowest BCUT2D eigenvalue weighted by Crippen LogP contribution is -2.58. The molecule has 7 amide bonds. The number of halogens is 1. The van der Waals surface area contributed by atoms with E-state index in [1.165, 1.54) is 31.4 Å². The Bertz CT molecular complexity index is 3800. The van der Waals surface area contributed by atoms with Gasteiger partial charge in [-0.3, -0.25) is 43.8 Å². The molecule has 4 saturated heterocycles. The zero-order chi connectivity index (χ0) is 60.7. The molecule has 1 unspecified atom stereocenters. The van der Waals surface area contributed by atoms with Gasteiger partial charge in [-0.25, -0.2) is 14.4 Å². The molecular weight excluding hydrogens is 1100 g/mol. The SMILES string of the molecule is Cc1cc(F)c(Nc2nc(-c3ccc4c(c3)N([C@H]3C[C@@H](N5CCCCC5)C3)C(=O)C43CCN(C(=O)c4ccc(N(C)C5CCN(c6ccc7c(c6)C(=O)N(C6CCC(=O)NC6=O)C7=O)CC5)cc4)CC3)cc3ncn(C(C)C)c23)cc1C(=O)NC(C)C. The van der Waals surface area contributed by atoms with Gasteiger partial charge < -0.3 is 39.7 Å². The number of pyridine rings is 1. The number of benzene rings is 4. The molecule has 87 heavy (non-hydrogen) atoms. The third kappa shape index (κ3) is 10.3. The zero-order valence-electron chi connectivity index (χ0n) is 50.3. The van der Waals surface area contributed by atoms with Gasteiger partial charge in [-0.1, -0.05) is 18.6 Å².